The van der Waals surface area contributed by atoms with Crippen LogP contribution in [0.2, 0.25) is 0 Å². The molecule has 31 heavy (non-hydrogen) atoms. The second-order valence-electron chi connectivity index (χ2n) is 7.91. The lowest BCUT2D eigenvalue weighted by Crippen LogP contribution is -2.46. The maximum atomic E-state index is 12.7. The van der Waals surface area contributed by atoms with E-state index in [0.717, 1.165) is 40.8 Å². The van der Waals surface area contributed by atoms with E-state index >= 15 is 0 Å². The van der Waals surface area contributed by atoms with Gasteiger partial charge in [0.25, 0.3) is 5.91 Å². The van der Waals surface area contributed by atoms with Gasteiger partial charge in [0, 0.05) is 30.8 Å². The molecule has 0 radical (unpaired) electrons. The van der Waals surface area contributed by atoms with Gasteiger partial charge in [-0.25, -0.2) is 9.97 Å². The first-order valence-corrected chi connectivity index (χ1v) is 10.6. The lowest BCUT2D eigenvalue weighted by Gasteiger charge is -2.31. The van der Waals surface area contributed by atoms with Crippen LogP contribution in [-0.4, -0.2) is 45.8 Å². The van der Waals surface area contributed by atoms with Crippen molar-refractivity contribution in [1.29, 1.82) is 0 Å². The maximum absolute atomic E-state index is 12.7. The van der Waals surface area contributed by atoms with E-state index in [9.17, 15) is 9.59 Å². The lowest BCUT2D eigenvalue weighted by atomic mass is 10.0. The molecule has 158 valence electrons. The van der Waals surface area contributed by atoms with Crippen LogP contribution in [0.1, 0.15) is 40.2 Å². The van der Waals surface area contributed by atoms with Crippen LogP contribution in [0.4, 0.5) is 0 Å². The molecular formula is C25H26N4O2. The van der Waals surface area contributed by atoms with Crippen molar-refractivity contribution in [2.24, 2.45) is 0 Å². The largest absolute Gasteiger partial charge is 0.349 e. The van der Waals surface area contributed by atoms with Gasteiger partial charge in [0.2, 0.25) is 5.91 Å². The zero-order chi connectivity index (χ0) is 21.8. The number of nitrogens with one attached hydrogen (secondary N) is 1. The van der Waals surface area contributed by atoms with E-state index in [4.69, 9.17) is 0 Å². The zero-order valence-corrected chi connectivity index (χ0v) is 17.8. The number of amides is 2. The van der Waals surface area contributed by atoms with Gasteiger partial charge in [-0.2, -0.15) is 0 Å². The predicted octanol–water partition coefficient (Wildman–Crippen LogP) is 3.68. The second kappa shape index (κ2) is 9.08. The van der Waals surface area contributed by atoms with Gasteiger partial charge < -0.3 is 10.2 Å². The average Bonchev–Trinajstić information content (AvgIpc) is 2.79. The molecule has 6 nitrogen and oxygen atoms in total. The molecule has 0 unspecified atom stereocenters. The number of likely N-dealkylation sites (tertiary alicyclic amines) is 1. The number of benzene rings is 2. The van der Waals surface area contributed by atoms with Crippen LogP contribution in [0, 0.1) is 13.8 Å². The topological polar surface area (TPSA) is 75.2 Å². The third kappa shape index (κ3) is 4.97. The number of carbonyl (C=O) groups is 2. The first-order valence-electron chi connectivity index (χ1n) is 10.6. The fraction of sp³-hybridized carbons (Fsp3) is 0.280. The molecule has 6 heteroatoms. The molecule has 0 aliphatic carbocycles. The van der Waals surface area contributed by atoms with Crippen LogP contribution in [0.15, 0.2) is 54.6 Å². The van der Waals surface area contributed by atoms with E-state index in [1.807, 2.05) is 61.2 Å². The van der Waals surface area contributed by atoms with Crippen molar-refractivity contribution >= 4 is 28.9 Å². The van der Waals surface area contributed by atoms with Gasteiger partial charge in [-0.05, 0) is 56.5 Å². The molecule has 1 saturated heterocycles. The van der Waals surface area contributed by atoms with E-state index in [0.29, 0.717) is 18.7 Å². The molecule has 1 aliphatic heterocycles. The van der Waals surface area contributed by atoms with Gasteiger partial charge in [0.1, 0.15) is 0 Å². The highest BCUT2D eigenvalue weighted by molar-refractivity contribution is 5.97. The Balaban J connectivity index is 1.33. The second-order valence-corrected chi connectivity index (χ2v) is 7.91. The quantitative estimate of drug-likeness (QED) is 0.661. The summed E-state index contributed by atoms with van der Waals surface area (Å²) in [6.07, 6.45) is 4.93. The molecule has 1 N–H and O–H groups in total. The Kier molecular flexibility index (Phi) is 6.07. The summed E-state index contributed by atoms with van der Waals surface area (Å²) in [5.74, 6) is -0.108. The third-order valence-electron chi connectivity index (χ3n) is 5.70. The van der Waals surface area contributed by atoms with Crippen LogP contribution in [0.3, 0.4) is 0 Å². The minimum atomic E-state index is -0.115. The van der Waals surface area contributed by atoms with Crippen molar-refractivity contribution in [2.75, 3.05) is 13.1 Å². The Labute approximate surface area is 182 Å². The number of rotatable bonds is 4. The summed E-state index contributed by atoms with van der Waals surface area (Å²) in [4.78, 5) is 36.1. The Morgan fingerprint density at radius 1 is 0.968 bits per heavy atom. The molecule has 0 spiro atoms. The first-order chi connectivity index (χ1) is 15.0. The number of nitrogens with zero attached hydrogens (tertiary/aromatic N) is 3. The molecule has 2 amide bonds. The molecule has 1 aromatic heterocycles. The van der Waals surface area contributed by atoms with Crippen LogP contribution >= 0.6 is 0 Å². The molecule has 0 saturated carbocycles. The van der Waals surface area contributed by atoms with E-state index in [1.54, 1.807) is 18.2 Å². The van der Waals surface area contributed by atoms with E-state index < -0.39 is 0 Å². The van der Waals surface area contributed by atoms with Gasteiger partial charge in [-0.1, -0.05) is 30.3 Å². The highest BCUT2D eigenvalue weighted by Gasteiger charge is 2.23. The number of hydrogen-bond donors (Lipinski definition) is 1. The Bertz CT molecular complexity index is 1130. The van der Waals surface area contributed by atoms with Crippen LogP contribution in [0.5, 0.6) is 0 Å². The zero-order valence-electron chi connectivity index (χ0n) is 17.8. The number of fused-ring (bicyclic) bond motifs is 1. The monoisotopic (exact) mass is 414 g/mol. The smallest absolute Gasteiger partial charge is 0.251 e. The molecule has 2 heterocycles. The summed E-state index contributed by atoms with van der Waals surface area (Å²) < 4.78 is 0. The number of hydrogen-bond acceptors (Lipinski definition) is 4. The van der Waals surface area contributed by atoms with Crippen LogP contribution in [-0.2, 0) is 4.79 Å². The SMILES string of the molecule is Cc1nc2ccc(C(=O)NC3CCN(C(=O)/C=C/c4ccccc4)CC3)cc2nc1C. The van der Waals surface area contributed by atoms with Gasteiger partial charge in [-0.3, -0.25) is 9.59 Å². The van der Waals surface area contributed by atoms with Crippen molar-refractivity contribution < 1.29 is 9.59 Å². The molecule has 0 atom stereocenters. The summed E-state index contributed by atoms with van der Waals surface area (Å²) in [6.45, 7) is 5.10. The van der Waals surface area contributed by atoms with Gasteiger partial charge in [0.15, 0.2) is 0 Å². The van der Waals surface area contributed by atoms with Crippen molar-refractivity contribution in [3.63, 3.8) is 0 Å². The minimum Gasteiger partial charge on any atom is -0.349 e. The molecule has 3 aromatic rings. The fourth-order valence-electron chi connectivity index (χ4n) is 3.72. The summed E-state index contributed by atoms with van der Waals surface area (Å²) >= 11 is 0. The Morgan fingerprint density at radius 2 is 1.65 bits per heavy atom. The molecule has 1 aliphatic rings. The first kappa shape index (κ1) is 20.7. The fourth-order valence-corrected chi connectivity index (χ4v) is 3.72. The predicted molar refractivity (Wildman–Crippen MR) is 122 cm³/mol. The third-order valence-corrected chi connectivity index (χ3v) is 5.70. The number of aromatic nitrogens is 2. The Hall–Kier alpha value is -3.54. The lowest BCUT2D eigenvalue weighted by molar-refractivity contribution is -0.126. The van der Waals surface area contributed by atoms with Crippen molar-refractivity contribution in [1.82, 2.24) is 20.2 Å². The number of piperidine rings is 1. The number of carbonyl (C=O) groups excluding carboxylic acids is 2. The van der Waals surface area contributed by atoms with Crippen LogP contribution < -0.4 is 5.32 Å². The van der Waals surface area contributed by atoms with Crippen LogP contribution in [0.25, 0.3) is 17.1 Å². The van der Waals surface area contributed by atoms with E-state index in [1.165, 1.54) is 0 Å². The highest BCUT2D eigenvalue weighted by atomic mass is 16.2. The van der Waals surface area contributed by atoms with E-state index in [2.05, 4.69) is 15.3 Å². The van der Waals surface area contributed by atoms with E-state index in [-0.39, 0.29) is 17.9 Å². The van der Waals surface area contributed by atoms with Crippen molar-refractivity contribution in [3.05, 3.63) is 77.1 Å². The maximum Gasteiger partial charge on any atom is 0.251 e. The normalized spacial score (nSPS) is 14.8. The minimum absolute atomic E-state index is 0.00685. The summed E-state index contributed by atoms with van der Waals surface area (Å²) in [5, 5.41) is 3.10. The van der Waals surface area contributed by atoms with Gasteiger partial charge in [-0.15, -0.1) is 0 Å². The summed E-state index contributed by atoms with van der Waals surface area (Å²) in [6, 6.07) is 15.2. The molecule has 1 fully saturated rings. The molecule has 0 bridgehead atoms. The standard InChI is InChI=1S/C25H26N4O2/c1-17-18(2)27-23-16-20(9-10-22(23)26-17)25(31)28-21-12-14-29(15-13-21)24(30)11-8-19-6-4-3-5-7-19/h3-11,16,21H,12-15H2,1-2H3,(H,28,31)/b11-8+. The van der Waals surface area contributed by atoms with Gasteiger partial charge in [0.05, 0.1) is 22.4 Å². The van der Waals surface area contributed by atoms with Crippen molar-refractivity contribution in [3.8, 4) is 0 Å². The number of aryl methyl sites for hydroxylation is 2. The molecule has 2 aromatic carbocycles. The summed E-state index contributed by atoms with van der Waals surface area (Å²) in [7, 11) is 0. The van der Waals surface area contributed by atoms with Crippen molar-refractivity contribution in [2.45, 2.75) is 32.7 Å². The summed E-state index contributed by atoms with van der Waals surface area (Å²) in [5.41, 5.74) is 4.85. The molecule has 4 rings (SSSR count). The average molecular weight is 415 g/mol. The Morgan fingerprint density at radius 3 is 2.35 bits per heavy atom. The van der Waals surface area contributed by atoms with Gasteiger partial charge >= 0.3 is 0 Å². The highest BCUT2D eigenvalue weighted by Crippen LogP contribution is 2.16. The molecular weight excluding hydrogens is 388 g/mol.